The molecule has 1 N–H and O–H groups in total. The summed E-state index contributed by atoms with van der Waals surface area (Å²) < 4.78 is 5.21. The maximum Gasteiger partial charge on any atom is 0.168 e. The van der Waals surface area contributed by atoms with Crippen LogP contribution in [-0.2, 0) is 6.54 Å². The summed E-state index contributed by atoms with van der Waals surface area (Å²) in [7, 11) is 1.85. The lowest BCUT2D eigenvalue weighted by atomic mass is 10.1. The number of halogens is 2. The Morgan fingerprint density at radius 2 is 2.12 bits per heavy atom. The average Bonchev–Trinajstić information content (AvgIpc) is 2.71. The molecule has 0 radical (unpaired) electrons. The Balaban J connectivity index is 2.38. The summed E-state index contributed by atoms with van der Waals surface area (Å²) in [5.74, 6) is 0.623. The van der Waals surface area contributed by atoms with Gasteiger partial charge in [-0.25, -0.2) is 0 Å². The second-order valence-electron chi connectivity index (χ2n) is 3.34. The van der Waals surface area contributed by atoms with Gasteiger partial charge in [-0.3, -0.25) is 0 Å². The van der Waals surface area contributed by atoms with Gasteiger partial charge in [0.2, 0.25) is 0 Å². The van der Waals surface area contributed by atoms with Gasteiger partial charge < -0.3 is 9.84 Å². The lowest BCUT2D eigenvalue weighted by Crippen LogP contribution is -2.04. The number of hydrogen-bond donors (Lipinski definition) is 1. The van der Waals surface area contributed by atoms with Crippen LogP contribution in [0.15, 0.2) is 28.8 Å². The highest BCUT2D eigenvalue weighted by Gasteiger charge is 2.10. The largest absolute Gasteiger partial charge is 0.356 e. The van der Waals surface area contributed by atoms with Crippen LogP contribution in [0, 0.1) is 0 Å². The van der Waals surface area contributed by atoms with E-state index in [0.717, 1.165) is 11.3 Å². The Kier molecular flexibility index (Phi) is 3.49. The lowest BCUT2D eigenvalue weighted by molar-refractivity contribution is 0.421. The van der Waals surface area contributed by atoms with Gasteiger partial charge in [0.1, 0.15) is 0 Å². The van der Waals surface area contributed by atoms with E-state index in [1.54, 1.807) is 18.2 Å². The van der Waals surface area contributed by atoms with E-state index in [9.17, 15) is 0 Å². The number of benzene rings is 1. The third-order valence-electron chi connectivity index (χ3n) is 2.11. The molecule has 0 atom stereocenters. The Morgan fingerprint density at radius 3 is 2.88 bits per heavy atom. The van der Waals surface area contributed by atoms with Gasteiger partial charge in [-0.15, -0.1) is 0 Å². The first-order valence-electron chi connectivity index (χ1n) is 4.76. The van der Waals surface area contributed by atoms with Crippen molar-refractivity contribution in [2.45, 2.75) is 6.54 Å². The van der Waals surface area contributed by atoms with Crippen LogP contribution in [-0.4, -0.2) is 12.2 Å². The van der Waals surface area contributed by atoms with Gasteiger partial charge in [-0.1, -0.05) is 28.4 Å². The number of aromatic nitrogens is 1. The van der Waals surface area contributed by atoms with Crippen molar-refractivity contribution in [1.29, 1.82) is 0 Å². The van der Waals surface area contributed by atoms with Crippen LogP contribution in [0.25, 0.3) is 11.3 Å². The molecule has 2 aromatic rings. The number of hydrogen-bond acceptors (Lipinski definition) is 3. The molecule has 0 aliphatic carbocycles. The highest BCUT2D eigenvalue weighted by atomic mass is 35.5. The fourth-order valence-corrected chi connectivity index (χ4v) is 1.77. The van der Waals surface area contributed by atoms with Crippen molar-refractivity contribution >= 4 is 23.2 Å². The monoisotopic (exact) mass is 256 g/mol. The molecule has 0 spiro atoms. The molecule has 16 heavy (non-hydrogen) atoms. The third kappa shape index (κ3) is 2.38. The molecule has 0 unspecified atom stereocenters. The molecule has 0 saturated carbocycles. The van der Waals surface area contributed by atoms with Crippen molar-refractivity contribution in [1.82, 2.24) is 10.5 Å². The molecule has 2 rings (SSSR count). The van der Waals surface area contributed by atoms with Crippen molar-refractivity contribution < 1.29 is 4.52 Å². The van der Waals surface area contributed by atoms with Crippen LogP contribution in [0.1, 0.15) is 5.69 Å². The molecule has 0 aliphatic rings. The van der Waals surface area contributed by atoms with Crippen molar-refractivity contribution in [2.24, 2.45) is 0 Å². The van der Waals surface area contributed by atoms with Gasteiger partial charge in [0.25, 0.3) is 0 Å². The molecule has 1 heterocycles. The first-order valence-corrected chi connectivity index (χ1v) is 5.52. The molecular formula is C11H10Cl2N2O. The van der Waals surface area contributed by atoms with Crippen LogP contribution in [0.4, 0.5) is 0 Å². The van der Waals surface area contributed by atoms with Crippen molar-refractivity contribution in [3.63, 3.8) is 0 Å². The molecule has 0 amide bonds. The quantitative estimate of drug-likeness (QED) is 0.916. The van der Waals surface area contributed by atoms with Gasteiger partial charge in [0.05, 0.1) is 10.7 Å². The summed E-state index contributed by atoms with van der Waals surface area (Å²) in [6, 6.07) is 7.07. The lowest BCUT2D eigenvalue weighted by Gasteiger charge is -1.99. The van der Waals surface area contributed by atoms with Crippen molar-refractivity contribution in [3.8, 4) is 11.3 Å². The minimum absolute atomic E-state index is 0.594. The minimum Gasteiger partial charge on any atom is -0.356 e. The van der Waals surface area contributed by atoms with E-state index in [1.165, 1.54) is 0 Å². The van der Waals surface area contributed by atoms with Gasteiger partial charge >= 0.3 is 0 Å². The third-order valence-corrected chi connectivity index (χ3v) is 2.68. The maximum atomic E-state index is 6.06. The number of nitrogens with zero attached hydrogens (tertiary/aromatic N) is 1. The van der Waals surface area contributed by atoms with E-state index in [2.05, 4.69) is 10.5 Å². The second-order valence-corrected chi connectivity index (χ2v) is 4.18. The summed E-state index contributed by atoms with van der Waals surface area (Å²) >= 11 is 12.0. The van der Waals surface area contributed by atoms with Gasteiger partial charge in [-0.05, 0) is 25.2 Å². The Labute approximate surface area is 103 Å². The standard InChI is InChI=1S/C11H10Cl2N2O/c1-14-6-8-5-11(16-15-8)9-4-7(12)2-3-10(9)13/h2-5,14H,6H2,1H3. The van der Waals surface area contributed by atoms with Crippen LogP contribution in [0.2, 0.25) is 10.0 Å². The summed E-state index contributed by atoms with van der Waals surface area (Å²) in [5.41, 5.74) is 1.58. The van der Waals surface area contributed by atoms with Crippen LogP contribution in [0.5, 0.6) is 0 Å². The minimum atomic E-state index is 0.594. The smallest absolute Gasteiger partial charge is 0.168 e. The van der Waals surface area contributed by atoms with E-state index >= 15 is 0 Å². The first-order chi connectivity index (χ1) is 7.70. The molecule has 0 saturated heterocycles. The topological polar surface area (TPSA) is 38.1 Å². The van der Waals surface area contributed by atoms with Crippen LogP contribution in [0.3, 0.4) is 0 Å². The van der Waals surface area contributed by atoms with Crippen molar-refractivity contribution in [2.75, 3.05) is 7.05 Å². The Morgan fingerprint density at radius 1 is 1.31 bits per heavy atom. The summed E-state index contributed by atoms with van der Waals surface area (Å²) in [6.45, 7) is 0.654. The molecule has 0 fully saturated rings. The SMILES string of the molecule is CNCc1cc(-c2cc(Cl)ccc2Cl)on1. The van der Waals surface area contributed by atoms with Gasteiger partial charge in [0, 0.05) is 23.2 Å². The zero-order valence-electron chi connectivity index (χ0n) is 8.63. The van der Waals surface area contributed by atoms with Crippen LogP contribution < -0.4 is 5.32 Å². The summed E-state index contributed by atoms with van der Waals surface area (Å²) in [6.07, 6.45) is 0. The van der Waals surface area contributed by atoms with Gasteiger partial charge in [-0.2, -0.15) is 0 Å². The molecule has 0 aliphatic heterocycles. The van der Waals surface area contributed by atoms with E-state index in [4.69, 9.17) is 27.7 Å². The van der Waals surface area contributed by atoms with Crippen molar-refractivity contribution in [3.05, 3.63) is 40.0 Å². The summed E-state index contributed by atoms with van der Waals surface area (Å²) in [4.78, 5) is 0. The molecule has 0 bridgehead atoms. The number of nitrogens with one attached hydrogen (secondary N) is 1. The van der Waals surface area contributed by atoms with E-state index in [0.29, 0.717) is 22.4 Å². The molecule has 1 aromatic carbocycles. The fourth-order valence-electron chi connectivity index (χ4n) is 1.39. The maximum absolute atomic E-state index is 6.06. The van der Waals surface area contributed by atoms with E-state index in [-0.39, 0.29) is 0 Å². The Hall–Kier alpha value is -1.03. The zero-order chi connectivity index (χ0) is 11.5. The van der Waals surface area contributed by atoms with Crippen LogP contribution >= 0.6 is 23.2 Å². The Bertz CT molecular complexity index is 496. The highest BCUT2D eigenvalue weighted by molar-refractivity contribution is 6.35. The molecular weight excluding hydrogens is 247 g/mol. The molecule has 84 valence electrons. The fraction of sp³-hybridized carbons (Fsp3) is 0.182. The predicted molar refractivity (Wildman–Crippen MR) is 64.7 cm³/mol. The molecule has 3 nitrogen and oxygen atoms in total. The average molecular weight is 257 g/mol. The first kappa shape index (κ1) is 11.5. The number of rotatable bonds is 3. The molecule has 1 aromatic heterocycles. The zero-order valence-corrected chi connectivity index (χ0v) is 10.1. The molecule has 5 heteroatoms. The predicted octanol–water partition coefficient (Wildman–Crippen LogP) is 3.37. The highest BCUT2D eigenvalue weighted by Crippen LogP contribution is 2.30. The normalized spacial score (nSPS) is 10.7. The van der Waals surface area contributed by atoms with E-state index in [1.807, 2.05) is 13.1 Å². The van der Waals surface area contributed by atoms with Gasteiger partial charge in [0.15, 0.2) is 5.76 Å². The van der Waals surface area contributed by atoms with E-state index < -0.39 is 0 Å². The second kappa shape index (κ2) is 4.87. The summed E-state index contributed by atoms with van der Waals surface area (Å²) in [5, 5.41) is 8.12.